The summed E-state index contributed by atoms with van der Waals surface area (Å²) in [7, 11) is 0. The van der Waals surface area contributed by atoms with E-state index in [-0.39, 0.29) is 5.91 Å². The molecule has 0 spiro atoms. The molecule has 7 nitrogen and oxygen atoms in total. The highest BCUT2D eigenvalue weighted by molar-refractivity contribution is 5.94. The zero-order valence-electron chi connectivity index (χ0n) is 12.9. The minimum absolute atomic E-state index is 0.0107. The molecule has 1 N–H and O–H groups in total. The first-order valence-corrected chi connectivity index (χ1v) is 7.85. The van der Waals surface area contributed by atoms with Gasteiger partial charge in [0.25, 0.3) is 5.91 Å². The van der Waals surface area contributed by atoms with E-state index < -0.39 is 0 Å². The van der Waals surface area contributed by atoms with E-state index in [1.54, 1.807) is 12.4 Å². The number of H-pyrrole nitrogens is 1. The molecule has 2 aliphatic heterocycles. The van der Waals surface area contributed by atoms with Crippen molar-refractivity contribution in [1.82, 2.24) is 25.0 Å². The first-order chi connectivity index (χ1) is 11.3. The molecule has 7 heteroatoms. The Morgan fingerprint density at radius 3 is 2.78 bits per heavy atom. The molecule has 0 bridgehead atoms. The Balaban J connectivity index is 1.47. The fourth-order valence-electron chi connectivity index (χ4n) is 3.16. The highest BCUT2D eigenvalue weighted by Crippen LogP contribution is 2.26. The lowest BCUT2D eigenvalue weighted by atomic mass is 10.2. The molecule has 2 aromatic rings. The molecule has 0 aliphatic carbocycles. The summed E-state index contributed by atoms with van der Waals surface area (Å²) in [6.45, 7) is 4.87. The third-order valence-corrected chi connectivity index (χ3v) is 4.37. The second-order valence-corrected chi connectivity index (χ2v) is 5.93. The molecule has 120 valence electrons. The van der Waals surface area contributed by atoms with Gasteiger partial charge < -0.3 is 9.64 Å². The lowest BCUT2D eigenvalue weighted by Gasteiger charge is -2.26. The van der Waals surface area contributed by atoms with Crippen LogP contribution in [0.5, 0.6) is 0 Å². The van der Waals surface area contributed by atoms with Crippen LogP contribution in [0.3, 0.4) is 0 Å². The number of ether oxygens (including phenoxy) is 1. The summed E-state index contributed by atoms with van der Waals surface area (Å²) < 4.78 is 5.31. The third kappa shape index (κ3) is 2.85. The number of carbonyl (C=O) groups excluding carboxylic acids is 1. The van der Waals surface area contributed by atoms with Crippen LogP contribution in [0.15, 0.2) is 24.5 Å². The molecule has 0 radical (unpaired) electrons. The maximum Gasteiger partial charge on any atom is 0.274 e. The van der Waals surface area contributed by atoms with E-state index in [1.165, 1.54) is 5.56 Å². The number of nitrogens with one attached hydrogen (secondary N) is 1. The second-order valence-electron chi connectivity index (χ2n) is 5.93. The van der Waals surface area contributed by atoms with Crippen molar-refractivity contribution < 1.29 is 9.53 Å². The lowest BCUT2D eigenvalue weighted by molar-refractivity contribution is 0.0298. The average molecular weight is 313 g/mol. The zero-order chi connectivity index (χ0) is 15.6. The molecule has 2 aromatic heterocycles. The maximum atomic E-state index is 12.6. The molecule has 1 saturated heterocycles. The minimum Gasteiger partial charge on any atom is -0.378 e. The van der Waals surface area contributed by atoms with Crippen molar-refractivity contribution in [3.8, 4) is 0 Å². The van der Waals surface area contributed by atoms with Gasteiger partial charge in [-0.3, -0.25) is 19.8 Å². The van der Waals surface area contributed by atoms with E-state index in [2.05, 4.69) is 20.1 Å². The molecule has 4 rings (SSSR count). The van der Waals surface area contributed by atoms with Crippen LogP contribution >= 0.6 is 0 Å². The van der Waals surface area contributed by atoms with Crippen molar-refractivity contribution in [3.63, 3.8) is 0 Å². The largest absolute Gasteiger partial charge is 0.378 e. The Labute approximate surface area is 134 Å². The van der Waals surface area contributed by atoms with Gasteiger partial charge >= 0.3 is 0 Å². The number of aromatic amines is 1. The van der Waals surface area contributed by atoms with Crippen LogP contribution in [0.1, 0.15) is 27.3 Å². The molecule has 0 aromatic carbocycles. The summed E-state index contributed by atoms with van der Waals surface area (Å²) in [4.78, 5) is 20.8. The predicted octanol–water partition coefficient (Wildman–Crippen LogP) is 0.793. The van der Waals surface area contributed by atoms with Gasteiger partial charge in [0.1, 0.15) is 0 Å². The van der Waals surface area contributed by atoms with Gasteiger partial charge in [-0.1, -0.05) is 0 Å². The predicted molar refractivity (Wildman–Crippen MR) is 82.5 cm³/mol. The van der Waals surface area contributed by atoms with Gasteiger partial charge in [-0.05, 0) is 17.7 Å². The number of nitrogens with zero attached hydrogens (tertiary/aromatic N) is 4. The number of amides is 1. The van der Waals surface area contributed by atoms with Crippen molar-refractivity contribution in [2.75, 3.05) is 26.3 Å². The van der Waals surface area contributed by atoms with Crippen LogP contribution in [0, 0.1) is 0 Å². The fourth-order valence-corrected chi connectivity index (χ4v) is 3.16. The van der Waals surface area contributed by atoms with Gasteiger partial charge in [-0.15, -0.1) is 0 Å². The number of aromatic nitrogens is 3. The molecular weight excluding hydrogens is 294 g/mol. The number of pyridine rings is 1. The summed E-state index contributed by atoms with van der Waals surface area (Å²) in [5, 5.41) is 7.30. The van der Waals surface area contributed by atoms with Gasteiger partial charge in [0, 0.05) is 50.7 Å². The number of carbonyl (C=O) groups is 1. The van der Waals surface area contributed by atoms with Gasteiger partial charge in [0.05, 0.1) is 18.9 Å². The van der Waals surface area contributed by atoms with E-state index in [0.29, 0.717) is 32.0 Å². The topological polar surface area (TPSA) is 74.4 Å². The Kier molecular flexibility index (Phi) is 3.80. The first-order valence-electron chi connectivity index (χ1n) is 7.85. The Hall–Kier alpha value is -2.25. The lowest BCUT2D eigenvalue weighted by Crippen LogP contribution is -2.41. The van der Waals surface area contributed by atoms with E-state index >= 15 is 0 Å². The van der Waals surface area contributed by atoms with Crippen molar-refractivity contribution in [2.45, 2.75) is 19.6 Å². The molecule has 4 heterocycles. The fraction of sp³-hybridized carbons (Fsp3) is 0.438. The van der Waals surface area contributed by atoms with Gasteiger partial charge in [-0.2, -0.15) is 5.10 Å². The maximum absolute atomic E-state index is 12.6. The van der Waals surface area contributed by atoms with Crippen LogP contribution in [0.25, 0.3) is 0 Å². The summed E-state index contributed by atoms with van der Waals surface area (Å²) in [6.07, 6.45) is 3.61. The van der Waals surface area contributed by atoms with Crippen LogP contribution in [0.4, 0.5) is 0 Å². The summed E-state index contributed by atoms with van der Waals surface area (Å²) in [5.74, 6) is 0.0107. The average Bonchev–Trinajstić information content (AvgIpc) is 3.16. The zero-order valence-corrected chi connectivity index (χ0v) is 12.9. The number of hydrogen-bond acceptors (Lipinski definition) is 5. The van der Waals surface area contributed by atoms with Gasteiger partial charge in [0.15, 0.2) is 5.69 Å². The molecule has 1 fully saturated rings. The van der Waals surface area contributed by atoms with E-state index in [1.807, 2.05) is 17.0 Å². The van der Waals surface area contributed by atoms with Gasteiger partial charge in [0.2, 0.25) is 0 Å². The monoisotopic (exact) mass is 313 g/mol. The van der Waals surface area contributed by atoms with Crippen molar-refractivity contribution in [1.29, 1.82) is 0 Å². The molecule has 0 unspecified atom stereocenters. The Bertz CT molecular complexity index is 694. The summed E-state index contributed by atoms with van der Waals surface area (Å²) in [6, 6.07) is 4.04. The Morgan fingerprint density at radius 1 is 1.22 bits per heavy atom. The molecule has 2 aliphatic rings. The van der Waals surface area contributed by atoms with Crippen LogP contribution in [0.2, 0.25) is 0 Å². The number of fused-ring (bicyclic) bond motifs is 1. The molecular formula is C16H19N5O2. The van der Waals surface area contributed by atoms with Gasteiger partial charge in [-0.25, -0.2) is 0 Å². The normalized spacial score (nSPS) is 18.2. The smallest absolute Gasteiger partial charge is 0.274 e. The Morgan fingerprint density at radius 2 is 2.00 bits per heavy atom. The quantitative estimate of drug-likeness (QED) is 0.907. The van der Waals surface area contributed by atoms with Crippen LogP contribution in [-0.2, 0) is 24.4 Å². The standard InChI is InChI=1S/C16H19N5O2/c22-16(21-5-7-23-8-6-21)15-13-10-20(11-14(13)18-19-15)9-12-1-3-17-4-2-12/h1-4H,5-11H2,(H,18,19). The highest BCUT2D eigenvalue weighted by atomic mass is 16.5. The van der Waals surface area contributed by atoms with Crippen molar-refractivity contribution in [2.24, 2.45) is 0 Å². The van der Waals surface area contributed by atoms with Crippen LogP contribution in [-0.4, -0.2) is 57.2 Å². The van der Waals surface area contributed by atoms with Crippen molar-refractivity contribution >= 4 is 5.91 Å². The van der Waals surface area contributed by atoms with Crippen LogP contribution < -0.4 is 0 Å². The molecule has 0 atom stereocenters. The molecule has 1 amide bonds. The first kappa shape index (κ1) is 14.3. The number of rotatable bonds is 3. The number of morpholine rings is 1. The van der Waals surface area contributed by atoms with E-state index in [4.69, 9.17) is 4.74 Å². The molecule has 0 saturated carbocycles. The van der Waals surface area contributed by atoms with E-state index in [0.717, 1.165) is 30.9 Å². The minimum atomic E-state index is 0.0107. The summed E-state index contributed by atoms with van der Waals surface area (Å²) in [5.41, 5.74) is 3.88. The van der Waals surface area contributed by atoms with Crippen molar-refractivity contribution in [3.05, 3.63) is 47.0 Å². The highest BCUT2D eigenvalue weighted by Gasteiger charge is 2.30. The second kappa shape index (κ2) is 6.10. The van der Waals surface area contributed by atoms with E-state index in [9.17, 15) is 4.79 Å². The SMILES string of the molecule is O=C(c1n[nH]c2c1CN(Cc1ccncc1)C2)N1CCOCC1. The summed E-state index contributed by atoms with van der Waals surface area (Å²) >= 11 is 0. The third-order valence-electron chi connectivity index (χ3n) is 4.37. The number of hydrogen-bond donors (Lipinski definition) is 1. The molecule has 23 heavy (non-hydrogen) atoms.